The maximum absolute atomic E-state index is 13.8. The van der Waals surface area contributed by atoms with Crippen molar-refractivity contribution < 1.29 is 9.13 Å². The van der Waals surface area contributed by atoms with E-state index in [2.05, 4.69) is 15.9 Å². The lowest BCUT2D eigenvalue weighted by Crippen LogP contribution is -2.18. The van der Waals surface area contributed by atoms with Gasteiger partial charge in [0.1, 0.15) is 5.75 Å². The van der Waals surface area contributed by atoms with Crippen LogP contribution in [0.5, 0.6) is 11.5 Å². The lowest BCUT2D eigenvalue weighted by atomic mass is 10.1. The Kier molecular flexibility index (Phi) is 4.78. The molecule has 106 valence electrons. The highest BCUT2D eigenvalue weighted by Crippen LogP contribution is 2.30. The molecule has 0 amide bonds. The van der Waals surface area contributed by atoms with Crippen LogP contribution in [0.15, 0.2) is 40.9 Å². The Morgan fingerprint density at radius 1 is 1.20 bits per heavy atom. The van der Waals surface area contributed by atoms with Crippen LogP contribution in [-0.2, 0) is 6.42 Å². The molecular formula is C16H17BrFNO. The fourth-order valence-corrected chi connectivity index (χ4v) is 2.37. The number of nitrogens with two attached hydrogens (primary N) is 1. The fourth-order valence-electron chi connectivity index (χ4n) is 1.96. The number of hydrogen-bond donors (Lipinski definition) is 1. The van der Waals surface area contributed by atoms with Gasteiger partial charge in [-0.3, -0.25) is 0 Å². The maximum Gasteiger partial charge on any atom is 0.165 e. The molecule has 0 aliphatic carbocycles. The predicted octanol–water partition coefficient (Wildman–Crippen LogP) is 4.58. The normalized spacial score (nSPS) is 12.2. The first-order chi connectivity index (χ1) is 9.45. The first-order valence-corrected chi connectivity index (χ1v) is 7.23. The lowest BCUT2D eigenvalue weighted by Gasteiger charge is -2.14. The van der Waals surface area contributed by atoms with Gasteiger partial charge in [0, 0.05) is 10.5 Å². The molecule has 1 unspecified atom stereocenters. The Balaban J connectivity index is 2.35. The summed E-state index contributed by atoms with van der Waals surface area (Å²) in [6.07, 6.45) is 0.669. The van der Waals surface area contributed by atoms with Crippen molar-refractivity contribution in [2.75, 3.05) is 0 Å². The van der Waals surface area contributed by atoms with E-state index in [1.165, 1.54) is 6.07 Å². The van der Waals surface area contributed by atoms with Crippen molar-refractivity contribution in [3.63, 3.8) is 0 Å². The van der Waals surface area contributed by atoms with Crippen molar-refractivity contribution in [1.82, 2.24) is 0 Å². The van der Waals surface area contributed by atoms with Crippen molar-refractivity contribution in [2.24, 2.45) is 5.73 Å². The van der Waals surface area contributed by atoms with Gasteiger partial charge in [-0.1, -0.05) is 22.0 Å². The van der Waals surface area contributed by atoms with Crippen LogP contribution >= 0.6 is 15.9 Å². The van der Waals surface area contributed by atoms with Crippen LogP contribution in [0.4, 0.5) is 4.39 Å². The minimum absolute atomic E-state index is 0.00834. The van der Waals surface area contributed by atoms with Gasteiger partial charge < -0.3 is 10.5 Å². The van der Waals surface area contributed by atoms with E-state index in [0.717, 1.165) is 15.6 Å². The lowest BCUT2D eigenvalue weighted by molar-refractivity contribution is 0.436. The molecule has 0 saturated heterocycles. The van der Waals surface area contributed by atoms with Gasteiger partial charge in [-0.25, -0.2) is 4.39 Å². The first kappa shape index (κ1) is 15.0. The summed E-state index contributed by atoms with van der Waals surface area (Å²) in [5.74, 6) is 0.499. The molecule has 4 heteroatoms. The summed E-state index contributed by atoms with van der Waals surface area (Å²) in [7, 11) is 0. The molecule has 2 aromatic carbocycles. The summed E-state index contributed by atoms with van der Waals surface area (Å²) in [5, 5.41) is 0. The Morgan fingerprint density at radius 3 is 2.65 bits per heavy atom. The van der Waals surface area contributed by atoms with Gasteiger partial charge in [0.25, 0.3) is 0 Å². The maximum atomic E-state index is 13.8. The van der Waals surface area contributed by atoms with Crippen LogP contribution in [0.2, 0.25) is 0 Å². The smallest absolute Gasteiger partial charge is 0.165 e. The molecule has 0 aliphatic rings. The van der Waals surface area contributed by atoms with Gasteiger partial charge >= 0.3 is 0 Å². The molecule has 1 atom stereocenters. The Hall–Kier alpha value is -1.39. The van der Waals surface area contributed by atoms with E-state index in [4.69, 9.17) is 10.5 Å². The zero-order chi connectivity index (χ0) is 14.7. The highest BCUT2D eigenvalue weighted by molar-refractivity contribution is 9.10. The fraction of sp³-hybridized carbons (Fsp3) is 0.250. The van der Waals surface area contributed by atoms with Gasteiger partial charge in [0.05, 0.1) is 0 Å². The number of hydrogen-bond acceptors (Lipinski definition) is 2. The van der Waals surface area contributed by atoms with Crippen LogP contribution in [0.25, 0.3) is 0 Å². The molecule has 0 fully saturated rings. The molecule has 2 N–H and O–H groups in total. The van der Waals surface area contributed by atoms with E-state index in [-0.39, 0.29) is 17.6 Å². The second-order valence-electron chi connectivity index (χ2n) is 4.97. The molecule has 0 saturated carbocycles. The third kappa shape index (κ3) is 3.81. The van der Waals surface area contributed by atoms with Crippen LogP contribution < -0.4 is 10.5 Å². The van der Waals surface area contributed by atoms with E-state index in [1.54, 1.807) is 12.1 Å². The van der Waals surface area contributed by atoms with Crippen LogP contribution in [0.3, 0.4) is 0 Å². The van der Waals surface area contributed by atoms with Gasteiger partial charge in [-0.15, -0.1) is 0 Å². The van der Waals surface area contributed by atoms with E-state index in [1.807, 2.05) is 32.0 Å². The highest BCUT2D eigenvalue weighted by atomic mass is 79.9. The second kappa shape index (κ2) is 6.37. The topological polar surface area (TPSA) is 35.2 Å². The molecule has 0 radical (unpaired) electrons. The van der Waals surface area contributed by atoms with Gasteiger partial charge in [-0.2, -0.15) is 0 Å². The second-order valence-corrected chi connectivity index (χ2v) is 5.89. The average molecular weight is 338 g/mol. The van der Waals surface area contributed by atoms with E-state index >= 15 is 0 Å². The number of rotatable bonds is 4. The van der Waals surface area contributed by atoms with Crippen molar-refractivity contribution in [3.05, 3.63) is 57.8 Å². The Bertz CT molecular complexity index is 613. The summed E-state index contributed by atoms with van der Waals surface area (Å²) in [5.41, 5.74) is 7.75. The quantitative estimate of drug-likeness (QED) is 0.886. The average Bonchev–Trinajstić information content (AvgIpc) is 2.36. The minimum atomic E-state index is -0.370. The predicted molar refractivity (Wildman–Crippen MR) is 82.7 cm³/mol. The van der Waals surface area contributed by atoms with E-state index < -0.39 is 0 Å². The first-order valence-electron chi connectivity index (χ1n) is 6.43. The standard InChI is InChI=1S/C16H17BrFNO/c1-10-3-5-14(18)16(7-10)20-15-6-4-13(17)9-12(15)8-11(2)19/h3-7,9,11H,8,19H2,1-2H3. The SMILES string of the molecule is Cc1ccc(F)c(Oc2ccc(Br)cc2CC(C)N)c1. The molecule has 0 spiro atoms. The summed E-state index contributed by atoms with van der Waals surface area (Å²) in [4.78, 5) is 0. The minimum Gasteiger partial charge on any atom is -0.454 e. The number of aryl methyl sites for hydroxylation is 1. The molecule has 20 heavy (non-hydrogen) atoms. The number of ether oxygens (including phenoxy) is 1. The summed E-state index contributed by atoms with van der Waals surface area (Å²) in [6.45, 7) is 3.83. The van der Waals surface area contributed by atoms with Gasteiger partial charge in [0.15, 0.2) is 11.6 Å². The Labute approximate surface area is 126 Å². The van der Waals surface area contributed by atoms with Crippen molar-refractivity contribution in [2.45, 2.75) is 26.3 Å². The van der Waals surface area contributed by atoms with Gasteiger partial charge in [0.2, 0.25) is 0 Å². The van der Waals surface area contributed by atoms with Crippen molar-refractivity contribution in [1.29, 1.82) is 0 Å². The van der Waals surface area contributed by atoms with Crippen LogP contribution in [-0.4, -0.2) is 6.04 Å². The third-order valence-electron chi connectivity index (χ3n) is 2.87. The molecule has 0 aliphatic heterocycles. The summed E-state index contributed by atoms with van der Waals surface area (Å²) < 4.78 is 20.4. The number of halogens is 2. The molecule has 2 aromatic rings. The Morgan fingerprint density at radius 2 is 1.95 bits per heavy atom. The molecule has 2 nitrogen and oxygen atoms in total. The van der Waals surface area contributed by atoms with E-state index in [9.17, 15) is 4.39 Å². The van der Waals surface area contributed by atoms with Crippen molar-refractivity contribution in [3.8, 4) is 11.5 Å². The number of benzene rings is 2. The largest absolute Gasteiger partial charge is 0.454 e. The highest BCUT2D eigenvalue weighted by Gasteiger charge is 2.11. The van der Waals surface area contributed by atoms with Crippen LogP contribution in [0, 0.1) is 12.7 Å². The monoisotopic (exact) mass is 337 g/mol. The van der Waals surface area contributed by atoms with Crippen molar-refractivity contribution >= 4 is 15.9 Å². The molecule has 0 bridgehead atoms. The summed E-state index contributed by atoms with van der Waals surface area (Å²) >= 11 is 3.43. The molecule has 0 heterocycles. The molecular weight excluding hydrogens is 321 g/mol. The van der Waals surface area contributed by atoms with Gasteiger partial charge in [-0.05, 0) is 61.7 Å². The molecule has 2 rings (SSSR count). The van der Waals surface area contributed by atoms with E-state index in [0.29, 0.717) is 12.2 Å². The summed E-state index contributed by atoms with van der Waals surface area (Å²) in [6, 6.07) is 10.5. The zero-order valence-electron chi connectivity index (χ0n) is 11.5. The van der Waals surface area contributed by atoms with Crippen LogP contribution in [0.1, 0.15) is 18.1 Å². The zero-order valence-corrected chi connectivity index (χ0v) is 13.1. The molecule has 0 aromatic heterocycles. The third-order valence-corrected chi connectivity index (χ3v) is 3.36.